The molecule has 0 aliphatic heterocycles. The van der Waals surface area contributed by atoms with Crippen molar-refractivity contribution in [3.63, 3.8) is 0 Å². The van der Waals surface area contributed by atoms with E-state index in [0.717, 1.165) is 11.8 Å². The number of thioether (sulfide) groups is 1. The molecule has 0 bridgehead atoms. The standard InChI is InChI=1S/C10H6BrClFN3O2S2/c11-5-1-4(13)2-6(12)8(5)14-9-15-16-10(20-9)19-3-7(17)18/h1-2H,3H2,(H,14,15)(H,17,18). The minimum atomic E-state index is -0.927. The molecule has 0 fully saturated rings. The number of aliphatic carboxylic acids is 1. The predicted molar refractivity (Wildman–Crippen MR) is 80.7 cm³/mol. The summed E-state index contributed by atoms with van der Waals surface area (Å²) in [6, 6.07) is 2.45. The first-order valence-corrected chi connectivity index (χ1v) is 8.02. The molecular formula is C10H6BrClFN3O2S2. The third-order valence-electron chi connectivity index (χ3n) is 1.96. The van der Waals surface area contributed by atoms with Gasteiger partial charge in [-0.05, 0) is 28.1 Å². The SMILES string of the molecule is O=C(O)CSc1nnc(Nc2c(Cl)cc(F)cc2Br)s1. The molecule has 0 saturated carbocycles. The number of nitrogens with zero attached hydrogens (tertiary/aromatic N) is 2. The van der Waals surface area contributed by atoms with Crippen LogP contribution in [0.15, 0.2) is 20.9 Å². The Labute approximate surface area is 134 Å². The van der Waals surface area contributed by atoms with Gasteiger partial charge in [-0.15, -0.1) is 10.2 Å². The second-order valence-corrected chi connectivity index (χ2v) is 6.89. The number of nitrogens with one attached hydrogen (secondary N) is 1. The maximum atomic E-state index is 13.1. The number of hydrogen-bond acceptors (Lipinski definition) is 6. The van der Waals surface area contributed by atoms with E-state index in [-0.39, 0.29) is 10.8 Å². The number of carboxylic acid groups (broad SMARTS) is 1. The number of anilines is 2. The van der Waals surface area contributed by atoms with Crippen molar-refractivity contribution in [3.05, 3.63) is 27.4 Å². The van der Waals surface area contributed by atoms with Crippen LogP contribution in [0, 0.1) is 5.82 Å². The monoisotopic (exact) mass is 397 g/mol. The number of rotatable bonds is 5. The van der Waals surface area contributed by atoms with Gasteiger partial charge in [0.25, 0.3) is 0 Å². The van der Waals surface area contributed by atoms with Crippen molar-refractivity contribution in [2.45, 2.75) is 4.34 Å². The topological polar surface area (TPSA) is 75.1 Å². The summed E-state index contributed by atoms with van der Waals surface area (Å²) in [6.07, 6.45) is 0. The Kier molecular flexibility index (Phi) is 5.19. The molecule has 0 atom stereocenters. The minimum absolute atomic E-state index is 0.0877. The van der Waals surface area contributed by atoms with Gasteiger partial charge in [0, 0.05) is 4.47 Å². The Morgan fingerprint density at radius 3 is 2.95 bits per heavy atom. The van der Waals surface area contributed by atoms with E-state index in [4.69, 9.17) is 16.7 Å². The summed E-state index contributed by atoms with van der Waals surface area (Å²) >= 11 is 11.4. The van der Waals surface area contributed by atoms with Gasteiger partial charge in [-0.2, -0.15) is 0 Å². The van der Waals surface area contributed by atoms with E-state index in [0.29, 0.717) is 19.6 Å². The van der Waals surface area contributed by atoms with Gasteiger partial charge < -0.3 is 10.4 Å². The highest BCUT2D eigenvalue weighted by Gasteiger charge is 2.12. The van der Waals surface area contributed by atoms with Crippen molar-refractivity contribution in [1.29, 1.82) is 0 Å². The molecule has 1 heterocycles. The molecule has 0 saturated heterocycles. The molecule has 0 radical (unpaired) electrons. The number of halogens is 3. The summed E-state index contributed by atoms with van der Waals surface area (Å²) in [4.78, 5) is 10.5. The Morgan fingerprint density at radius 2 is 2.30 bits per heavy atom. The summed E-state index contributed by atoms with van der Waals surface area (Å²) in [6.45, 7) is 0. The Bertz CT molecular complexity index is 632. The summed E-state index contributed by atoms with van der Waals surface area (Å²) < 4.78 is 14.1. The van der Waals surface area contributed by atoms with Crippen LogP contribution in [-0.2, 0) is 4.79 Å². The van der Waals surface area contributed by atoms with Crippen LogP contribution in [0.25, 0.3) is 0 Å². The van der Waals surface area contributed by atoms with Gasteiger partial charge in [-0.25, -0.2) is 4.39 Å². The average molecular weight is 399 g/mol. The van der Waals surface area contributed by atoms with E-state index in [2.05, 4.69) is 31.4 Å². The number of carboxylic acids is 1. The first-order chi connectivity index (χ1) is 9.45. The average Bonchev–Trinajstić information content (AvgIpc) is 2.79. The lowest BCUT2D eigenvalue weighted by molar-refractivity contribution is -0.133. The van der Waals surface area contributed by atoms with Gasteiger partial charge in [0.05, 0.1) is 16.5 Å². The van der Waals surface area contributed by atoms with E-state index < -0.39 is 11.8 Å². The van der Waals surface area contributed by atoms with Crippen LogP contribution in [0.5, 0.6) is 0 Å². The molecule has 2 N–H and O–H groups in total. The smallest absolute Gasteiger partial charge is 0.313 e. The fourth-order valence-corrected chi connectivity index (χ4v) is 3.59. The van der Waals surface area contributed by atoms with Gasteiger partial charge in [0.2, 0.25) is 5.13 Å². The fourth-order valence-electron chi connectivity index (χ4n) is 1.21. The normalized spacial score (nSPS) is 10.6. The zero-order chi connectivity index (χ0) is 14.7. The van der Waals surface area contributed by atoms with Crippen LogP contribution in [0.3, 0.4) is 0 Å². The first-order valence-electron chi connectivity index (χ1n) is 5.05. The Hall–Kier alpha value is -0.900. The van der Waals surface area contributed by atoms with Crippen molar-refractivity contribution in [1.82, 2.24) is 10.2 Å². The maximum Gasteiger partial charge on any atom is 0.313 e. The van der Waals surface area contributed by atoms with Crippen LogP contribution < -0.4 is 5.32 Å². The first kappa shape index (κ1) is 15.5. The quantitative estimate of drug-likeness (QED) is 0.741. The number of carbonyl (C=O) groups is 1. The molecule has 0 aliphatic carbocycles. The van der Waals surface area contributed by atoms with E-state index >= 15 is 0 Å². The lowest BCUT2D eigenvalue weighted by atomic mass is 10.3. The van der Waals surface area contributed by atoms with Gasteiger partial charge in [-0.1, -0.05) is 34.7 Å². The van der Waals surface area contributed by atoms with Crippen molar-refractivity contribution in [3.8, 4) is 0 Å². The van der Waals surface area contributed by atoms with Crippen LogP contribution in [0.4, 0.5) is 15.2 Å². The Balaban J connectivity index is 2.13. The van der Waals surface area contributed by atoms with Gasteiger partial charge in [0.15, 0.2) is 4.34 Å². The van der Waals surface area contributed by atoms with Crippen molar-refractivity contribution in [2.75, 3.05) is 11.1 Å². The molecule has 0 aliphatic rings. The van der Waals surface area contributed by atoms with Crippen LogP contribution in [0.1, 0.15) is 0 Å². The molecule has 0 spiro atoms. The fraction of sp³-hybridized carbons (Fsp3) is 0.100. The van der Waals surface area contributed by atoms with Gasteiger partial charge in [0.1, 0.15) is 5.82 Å². The molecule has 0 amide bonds. The summed E-state index contributed by atoms with van der Waals surface area (Å²) in [5, 5.41) is 19.8. The Morgan fingerprint density at radius 1 is 1.55 bits per heavy atom. The van der Waals surface area contributed by atoms with Gasteiger partial charge in [-0.3, -0.25) is 4.79 Å². The zero-order valence-electron chi connectivity index (χ0n) is 9.56. The lowest BCUT2D eigenvalue weighted by Gasteiger charge is -2.07. The molecule has 5 nitrogen and oxygen atoms in total. The lowest BCUT2D eigenvalue weighted by Crippen LogP contribution is -1.96. The van der Waals surface area contributed by atoms with Crippen molar-refractivity contribution >= 4 is 67.4 Å². The predicted octanol–water partition coefficient (Wildman–Crippen LogP) is 4.01. The molecule has 2 aromatic rings. The zero-order valence-corrected chi connectivity index (χ0v) is 13.5. The number of hydrogen-bond donors (Lipinski definition) is 2. The highest BCUT2D eigenvalue weighted by Crippen LogP contribution is 2.35. The summed E-state index contributed by atoms with van der Waals surface area (Å²) in [7, 11) is 0. The molecule has 106 valence electrons. The summed E-state index contributed by atoms with van der Waals surface area (Å²) in [5.74, 6) is -1.47. The number of benzene rings is 1. The number of aromatic nitrogens is 2. The van der Waals surface area contributed by atoms with Crippen molar-refractivity contribution in [2.24, 2.45) is 0 Å². The summed E-state index contributed by atoms with van der Waals surface area (Å²) in [5.41, 5.74) is 0.471. The second-order valence-electron chi connectivity index (χ2n) is 3.42. The van der Waals surface area contributed by atoms with Gasteiger partial charge >= 0.3 is 5.97 Å². The third kappa shape index (κ3) is 4.05. The molecule has 20 heavy (non-hydrogen) atoms. The van der Waals surface area contributed by atoms with E-state index in [1.807, 2.05) is 0 Å². The van der Waals surface area contributed by atoms with Crippen LogP contribution in [-0.4, -0.2) is 27.0 Å². The van der Waals surface area contributed by atoms with E-state index in [9.17, 15) is 9.18 Å². The molecule has 2 rings (SSSR count). The molecule has 1 aromatic heterocycles. The maximum absolute atomic E-state index is 13.1. The highest BCUT2D eigenvalue weighted by atomic mass is 79.9. The second kappa shape index (κ2) is 6.70. The van der Waals surface area contributed by atoms with Crippen LogP contribution >= 0.6 is 50.6 Å². The highest BCUT2D eigenvalue weighted by molar-refractivity contribution is 9.10. The van der Waals surface area contributed by atoms with E-state index in [1.165, 1.54) is 23.5 Å². The third-order valence-corrected chi connectivity index (χ3v) is 4.84. The largest absolute Gasteiger partial charge is 0.481 e. The van der Waals surface area contributed by atoms with Crippen LogP contribution in [0.2, 0.25) is 5.02 Å². The van der Waals surface area contributed by atoms with Crippen molar-refractivity contribution < 1.29 is 14.3 Å². The molecule has 0 unspecified atom stereocenters. The molecule has 10 heteroatoms. The minimum Gasteiger partial charge on any atom is -0.481 e. The molecular weight excluding hydrogens is 393 g/mol. The van der Waals surface area contributed by atoms with E-state index in [1.54, 1.807) is 0 Å². The molecule has 1 aromatic carbocycles.